The number of amides is 1. The van der Waals surface area contributed by atoms with Gasteiger partial charge < -0.3 is 19.7 Å². The van der Waals surface area contributed by atoms with Crippen molar-refractivity contribution < 1.29 is 27.5 Å². The van der Waals surface area contributed by atoms with E-state index in [0.717, 1.165) is 9.87 Å². The van der Waals surface area contributed by atoms with Crippen molar-refractivity contribution in [1.29, 1.82) is 0 Å². The van der Waals surface area contributed by atoms with Gasteiger partial charge >= 0.3 is 5.97 Å². The lowest BCUT2D eigenvalue weighted by Gasteiger charge is -2.30. The summed E-state index contributed by atoms with van der Waals surface area (Å²) in [5, 5.41) is 2.75. The number of anilines is 2. The summed E-state index contributed by atoms with van der Waals surface area (Å²) >= 11 is 0. The Morgan fingerprint density at radius 1 is 1.12 bits per heavy atom. The van der Waals surface area contributed by atoms with Crippen molar-refractivity contribution in [2.24, 2.45) is 0 Å². The Bertz CT molecular complexity index is 1130. The average Bonchev–Trinajstić information content (AvgIpc) is 2.80. The molecule has 0 spiro atoms. The maximum Gasteiger partial charge on any atom is 0.341 e. The maximum absolute atomic E-state index is 13.1. The van der Waals surface area contributed by atoms with Crippen molar-refractivity contribution in [2.75, 3.05) is 50.6 Å². The summed E-state index contributed by atoms with van der Waals surface area (Å²) in [5.74, 6) is -1.26. The Morgan fingerprint density at radius 3 is 2.42 bits per heavy atom. The number of sulfonamides is 1. The third-order valence-electron chi connectivity index (χ3n) is 5.37. The molecule has 1 heterocycles. The topological polar surface area (TPSA) is 105 Å². The highest BCUT2D eigenvalue weighted by atomic mass is 32.2. The van der Waals surface area contributed by atoms with Crippen LogP contribution in [-0.4, -0.2) is 71.1 Å². The zero-order chi connectivity index (χ0) is 24.2. The number of morpholine rings is 1. The molecule has 1 fully saturated rings. The van der Waals surface area contributed by atoms with Crippen molar-refractivity contribution in [3.05, 3.63) is 53.6 Å². The van der Waals surface area contributed by atoms with Gasteiger partial charge in [-0.2, -0.15) is 0 Å². The molecule has 1 saturated heterocycles. The third-order valence-corrected chi connectivity index (χ3v) is 7.19. The summed E-state index contributed by atoms with van der Waals surface area (Å²) in [4.78, 5) is 27.6. The number of hydrogen-bond donors (Lipinski definition) is 1. The van der Waals surface area contributed by atoms with Crippen LogP contribution in [0, 0.1) is 6.92 Å². The van der Waals surface area contributed by atoms with E-state index in [1.807, 2.05) is 24.0 Å². The lowest BCUT2D eigenvalue weighted by atomic mass is 10.1. The van der Waals surface area contributed by atoms with Gasteiger partial charge in [0.05, 0.1) is 29.4 Å². The highest BCUT2D eigenvalue weighted by molar-refractivity contribution is 7.89. The van der Waals surface area contributed by atoms with E-state index in [4.69, 9.17) is 9.47 Å². The minimum absolute atomic E-state index is 0.0338. The molecule has 2 aromatic rings. The number of benzene rings is 2. The standard InChI is InChI=1S/C23H29N3O6S/c1-16-7-5-6-8-20(16)24-22(27)17(2)32-23(28)19-15-18(33(29,30)25(3)4)9-10-21(19)26-11-13-31-14-12-26/h5-10,15,17H,11-14H2,1-4H3,(H,24,27). The van der Waals surface area contributed by atoms with Crippen molar-refractivity contribution in [3.63, 3.8) is 0 Å². The molecule has 0 saturated carbocycles. The number of carbonyl (C=O) groups excluding carboxylic acids is 2. The predicted molar refractivity (Wildman–Crippen MR) is 125 cm³/mol. The lowest BCUT2D eigenvalue weighted by molar-refractivity contribution is -0.123. The van der Waals surface area contributed by atoms with Gasteiger partial charge in [0.2, 0.25) is 10.0 Å². The molecule has 10 heteroatoms. The van der Waals surface area contributed by atoms with Crippen LogP contribution in [-0.2, 0) is 24.3 Å². The third kappa shape index (κ3) is 5.70. The Hall–Kier alpha value is -2.95. The number of esters is 1. The van der Waals surface area contributed by atoms with Crippen LogP contribution >= 0.6 is 0 Å². The maximum atomic E-state index is 13.1. The molecular formula is C23H29N3O6S. The van der Waals surface area contributed by atoms with Gasteiger partial charge in [-0.3, -0.25) is 4.79 Å². The summed E-state index contributed by atoms with van der Waals surface area (Å²) in [6, 6.07) is 11.6. The zero-order valence-corrected chi connectivity index (χ0v) is 20.0. The van der Waals surface area contributed by atoms with Gasteiger partial charge in [0, 0.05) is 32.9 Å². The lowest BCUT2D eigenvalue weighted by Crippen LogP contribution is -2.37. The first kappa shape index (κ1) is 24.7. The van der Waals surface area contributed by atoms with Crippen molar-refractivity contribution in [3.8, 4) is 0 Å². The molecule has 9 nitrogen and oxygen atoms in total. The first-order valence-electron chi connectivity index (χ1n) is 10.6. The molecule has 1 aliphatic rings. The number of para-hydroxylation sites is 1. The molecular weight excluding hydrogens is 446 g/mol. The predicted octanol–water partition coefficient (Wildman–Crippen LogP) is 2.27. The van der Waals surface area contributed by atoms with E-state index in [1.54, 1.807) is 18.2 Å². The molecule has 1 N–H and O–H groups in total. The molecule has 33 heavy (non-hydrogen) atoms. The Balaban J connectivity index is 1.87. The first-order valence-corrected chi connectivity index (χ1v) is 12.0. The van der Waals surface area contributed by atoms with Gasteiger partial charge in [0.25, 0.3) is 5.91 Å². The molecule has 1 amide bonds. The first-order chi connectivity index (χ1) is 15.6. The van der Waals surface area contributed by atoms with Gasteiger partial charge in [-0.15, -0.1) is 0 Å². The average molecular weight is 476 g/mol. The Labute approximate surface area is 194 Å². The molecule has 0 aromatic heterocycles. The molecule has 2 aromatic carbocycles. The second kappa shape index (κ2) is 10.3. The summed E-state index contributed by atoms with van der Waals surface area (Å²) in [7, 11) is -0.932. The van der Waals surface area contributed by atoms with Crippen molar-refractivity contribution in [2.45, 2.75) is 24.8 Å². The monoisotopic (exact) mass is 475 g/mol. The van der Waals surface area contributed by atoms with Crippen LogP contribution in [0.3, 0.4) is 0 Å². The number of hydrogen-bond acceptors (Lipinski definition) is 7. The summed E-state index contributed by atoms with van der Waals surface area (Å²) < 4.78 is 37.2. The fourth-order valence-corrected chi connectivity index (χ4v) is 4.28. The number of carbonyl (C=O) groups is 2. The van der Waals surface area contributed by atoms with Crippen LogP contribution in [0.2, 0.25) is 0 Å². The van der Waals surface area contributed by atoms with Crippen LogP contribution in [0.25, 0.3) is 0 Å². The molecule has 1 unspecified atom stereocenters. The minimum Gasteiger partial charge on any atom is -0.449 e. The van der Waals surface area contributed by atoms with E-state index in [0.29, 0.717) is 37.7 Å². The summed E-state index contributed by atoms with van der Waals surface area (Å²) in [5.41, 5.74) is 2.11. The zero-order valence-electron chi connectivity index (χ0n) is 19.2. The Kier molecular flexibility index (Phi) is 7.72. The fraction of sp³-hybridized carbons (Fsp3) is 0.391. The Morgan fingerprint density at radius 2 is 1.79 bits per heavy atom. The van der Waals surface area contributed by atoms with Crippen LogP contribution in [0.1, 0.15) is 22.8 Å². The van der Waals surface area contributed by atoms with Gasteiger partial charge in [-0.05, 0) is 43.7 Å². The second-order valence-corrected chi connectivity index (χ2v) is 10.1. The number of nitrogens with zero attached hydrogens (tertiary/aromatic N) is 2. The summed E-state index contributed by atoms with van der Waals surface area (Å²) in [6.45, 7) is 5.40. The van der Waals surface area contributed by atoms with Gasteiger partial charge in [0.15, 0.2) is 6.10 Å². The van der Waals surface area contributed by atoms with E-state index in [1.165, 1.54) is 33.2 Å². The summed E-state index contributed by atoms with van der Waals surface area (Å²) in [6.07, 6.45) is -1.09. The van der Waals surface area contributed by atoms with Crippen LogP contribution in [0.15, 0.2) is 47.4 Å². The number of ether oxygens (including phenoxy) is 2. The van der Waals surface area contributed by atoms with Crippen LogP contribution in [0.4, 0.5) is 11.4 Å². The van der Waals surface area contributed by atoms with E-state index in [-0.39, 0.29) is 10.5 Å². The van der Waals surface area contributed by atoms with E-state index < -0.39 is 28.0 Å². The fourth-order valence-electron chi connectivity index (χ4n) is 3.36. The van der Waals surface area contributed by atoms with Crippen molar-refractivity contribution >= 4 is 33.3 Å². The molecule has 0 aliphatic carbocycles. The SMILES string of the molecule is Cc1ccccc1NC(=O)C(C)OC(=O)c1cc(S(=O)(=O)N(C)C)ccc1N1CCOCC1. The second-order valence-electron chi connectivity index (χ2n) is 7.92. The molecule has 3 rings (SSSR count). The quantitative estimate of drug-likeness (QED) is 0.613. The van der Waals surface area contributed by atoms with E-state index in [2.05, 4.69) is 5.32 Å². The molecule has 0 bridgehead atoms. The molecule has 0 radical (unpaired) electrons. The molecule has 1 atom stereocenters. The van der Waals surface area contributed by atoms with E-state index >= 15 is 0 Å². The number of nitrogens with one attached hydrogen (secondary N) is 1. The van der Waals surface area contributed by atoms with Gasteiger partial charge in [0.1, 0.15) is 0 Å². The largest absolute Gasteiger partial charge is 0.449 e. The normalized spacial score (nSPS) is 15.2. The molecule has 1 aliphatic heterocycles. The molecule has 178 valence electrons. The number of aryl methyl sites for hydroxylation is 1. The highest BCUT2D eigenvalue weighted by Gasteiger charge is 2.27. The van der Waals surface area contributed by atoms with Crippen molar-refractivity contribution in [1.82, 2.24) is 4.31 Å². The number of rotatable bonds is 7. The smallest absolute Gasteiger partial charge is 0.341 e. The van der Waals surface area contributed by atoms with E-state index in [9.17, 15) is 18.0 Å². The van der Waals surface area contributed by atoms with Crippen LogP contribution in [0.5, 0.6) is 0 Å². The van der Waals surface area contributed by atoms with Gasteiger partial charge in [-0.1, -0.05) is 18.2 Å². The minimum atomic E-state index is -3.77. The van der Waals surface area contributed by atoms with Gasteiger partial charge in [-0.25, -0.2) is 17.5 Å². The highest BCUT2D eigenvalue weighted by Crippen LogP contribution is 2.27. The van der Waals surface area contributed by atoms with Crippen LogP contribution < -0.4 is 10.2 Å².